The van der Waals surface area contributed by atoms with Gasteiger partial charge in [-0.05, 0) is 83.5 Å². The van der Waals surface area contributed by atoms with E-state index in [9.17, 15) is 19.8 Å². The number of hydrogen-bond acceptors (Lipinski definition) is 5. The summed E-state index contributed by atoms with van der Waals surface area (Å²) < 4.78 is 5.46. The molecule has 6 nitrogen and oxygen atoms in total. The zero-order valence-corrected chi connectivity index (χ0v) is 44.9. The van der Waals surface area contributed by atoms with Gasteiger partial charge in [0.25, 0.3) is 0 Å². The van der Waals surface area contributed by atoms with E-state index >= 15 is 0 Å². The number of carbonyl (C=O) groups is 2. The minimum absolute atomic E-state index is 0.0166. The lowest BCUT2D eigenvalue weighted by molar-refractivity contribution is -0.143. The molecule has 0 aromatic heterocycles. The highest BCUT2D eigenvalue weighted by Gasteiger charge is 2.20. The molecule has 2 unspecified atom stereocenters. The second-order valence-corrected chi connectivity index (χ2v) is 20.3. The van der Waals surface area contributed by atoms with E-state index in [2.05, 4.69) is 55.6 Å². The normalized spacial score (nSPS) is 12.8. The van der Waals surface area contributed by atoms with Crippen LogP contribution in [0.2, 0.25) is 0 Å². The van der Waals surface area contributed by atoms with E-state index in [4.69, 9.17) is 4.74 Å². The van der Waals surface area contributed by atoms with E-state index in [-0.39, 0.29) is 18.5 Å². The quantitative estimate of drug-likeness (QED) is 0.0321. The van der Waals surface area contributed by atoms with Crippen LogP contribution in [0.15, 0.2) is 36.5 Å². The topological polar surface area (TPSA) is 95.9 Å². The van der Waals surface area contributed by atoms with Crippen molar-refractivity contribution >= 4 is 11.9 Å². The molecule has 0 fully saturated rings. The summed E-state index contributed by atoms with van der Waals surface area (Å²) in [6, 6.07) is -0.555. The molecule has 0 radical (unpaired) electrons. The Kier molecular flexibility index (Phi) is 55.0. The van der Waals surface area contributed by atoms with E-state index in [1.165, 1.54) is 212 Å². The van der Waals surface area contributed by atoms with Gasteiger partial charge in [-0.15, -0.1) is 0 Å². The third-order valence-corrected chi connectivity index (χ3v) is 13.7. The summed E-state index contributed by atoms with van der Waals surface area (Å²) in [5, 5.41) is 23.3. The van der Waals surface area contributed by atoms with Crippen LogP contribution in [0.5, 0.6) is 0 Å². The summed E-state index contributed by atoms with van der Waals surface area (Å²) in [7, 11) is 0. The maximum Gasteiger partial charge on any atom is 0.305 e. The Labute approximate surface area is 417 Å². The van der Waals surface area contributed by atoms with Crippen LogP contribution in [-0.2, 0) is 14.3 Å². The molecule has 0 saturated heterocycles. The Hall–Kier alpha value is -1.92. The maximum absolute atomic E-state index is 12.5. The van der Waals surface area contributed by atoms with Crippen LogP contribution in [-0.4, -0.2) is 47.4 Å². The summed E-state index contributed by atoms with van der Waals surface area (Å²) >= 11 is 0. The molecule has 6 heteroatoms. The largest absolute Gasteiger partial charge is 0.466 e. The Morgan fingerprint density at radius 2 is 0.746 bits per heavy atom. The fourth-order valence-electron chi connectivity index (χ4n) is 9.08. The number of ether oxygens (including phenoxy) is 1. The Morgan fingerprint density at radius 3 is 1.18 bits per heavy atom. The van der Waals surface area contributed by atoms with E-state index < -0.39 is 12.1 Å². The van der Waals surface area contributed by atoms with Crippen molar-refractivity contribution in [2.24, 2.45) is 0 Å². The molecule has 0 aromatic rings. The average molecular weight is 943 g/mol. The number of amides is 1. The molecular weight excluding hydrogens is 827 g/mol. The third kappa shape index (κ3) is 53.3. The van der Waals surface area contributed by atoms with Crippen LogP contribution in [0, 0.1) is 0 Å². The Morgan fingerprint density at radius 1 is 0.418 bits per heavy atom. The minimum atomic E-state index is -0.676. The van der Waals surface area contributed by atoms with E-state index in [1.807, 2.05) is 0 Å². The number of nitrogens with one attached hydrogen (secondary N) is 1. The SMILES string of the molecule is CCCCC/C=C\C/C=C\CCCCCCCC(=O)OCCCCCCCCC/C=C\CCCCCCCC(=O)NC(CO)C(O)CCCCCCCCCCCCCCCCCCCCC. The predicted molar refractivity (Wildman–Crippen MR) is 292 cm³/mol. The zero-order chi connectivity index (χ0) is 48.6. The first kappa shape index (κ1) is 65.1. The fourth-order valence-corrected chi connectivity index (χ4v) is 9.08. The van der Waals surface area contributed by atoms with Crippen LogP contribution in [0.3, 0.4) is 0 Å². The Balaban J connectivity index is 3.48. The number of esters is 1. The molecule has 3 N–H and O–H groups in total. The van der Waals surface area contributed by atoms with Crippen LogP contribution < -0.4 is 5.32 Å². The summed E-state index contributed by atoms with van der Waals surface area (Å²) in [6.45, 7) is 4.91. The predicted octanol–water partition coefficient (Wildman–Crippen LogP) is 18.4. The van der Waals surface area contributed by atoms with Gasteiger partial charge < -0.3 is 20.3 Å². The van der Waals surface area contributed by atoms with E-state index in [0.29, 0.717) is 25.9 Å². The van der Waals surface area contributed by atoms with Gasteiger partial charge in [0.2, 0.25) is 5.91 Å². The molecule has 0 heterocycles. The van der Waals surface area contributed by atoms with Crippen molar-refractivity contribution < 1.29 is 24.5 Å². The van der Waals surface area contributed by atoms with Crippen molar-refractivity contribution in [3.63, 3.8) is 0 Å². The van der Waals surface area contributed by atoms with Gasteiger partial charge >= 0.3 is 5.97 Å². The molecular formula is C61H115NO5. The van der Waals surface area contributed by atoms with Gasteiger partial charge in [0.1, 0.15) is 0 Å². The molecule has 0 saturated carbocycles. The lowest BCUT2D eigenvalue weighted by Crippen LogP contribution is -2.45. The third-order valence-electron chi connectivity index (χ3n) is 13.7. The number of rotatable bonds is 55. The van der Waals surface area contributed by atoms with Crippen molar-refractivity contribution in [2.75, 3.05) is 13.2 Å². The fraction of sp³-hybridized carbons (Fsp3) is 0.869. The van der Waals surface area contributed by atoms with Crippen molar-refractivity contribution in [2.45, 2.75) is 328 Å². The highest BCUT2D eigenvalue weighted by molar-refractivity contribution is 5.76. The smallest absolute Gasteiger partial charge is 0.305 e. The lowest BCUT2D eigenvalue weighted by Gasteiger charge is -2.22. The van der Waals surface area contributed by atoms with Crippen LogP contribution in [0.25, 0.3) is 0 Å². The molecule has 2 atom stereocenters. The molecule has 67 heavy (non-hydrogen) atoms. The molecule has 394 valence electrons. The minimum Gasteiger partial charge on any atom is -0.466 e. The molecule has 0 aliphatic carbocycles. The monoisotopic (exact) mass is 942 g/mol. The van der Waals surface area contributed by atoms with E-state index in [1.54, 1.807) is 0 Å². The molecule has 1 amide bonds. The molecule has 0 spiro atoms. The van der Waals surface area contributed by atoms with Gasteiger partial charge in [-0.1, -0.05) is 256 Å². The van der Waals surface area contributed by atoms with Gasteiger partial charge in [-0.2, -0.15) is 0 Å². The van der Waals surface area contributed by atoms with Gasteiger partial charge in [0.15, 0.2) is 0 Å². The van der Waals surface area contributed by atoms with Gasteiger partial charge in [-0.25, -0.2) is 0 Å². The lowest BCUT2D eigenvalue weighted by atomic mass is 10.0. The van der Waals surface area contributed by atoms with Crippen molar-refractivity contribution in [1.29, 1.82) is 0 Å². The average Bonchev–Trinajstić information content (AvgIpc) is 3.33. The molecule has 0 aromatic carbocycles. The summed E-state index contributed by atoms with van der Waals surface area (Å²) in [5.74, 6) is -0.0673. The van der Waals surface area contributed by atoms with Gasteiger partial charge in [0.05, 0.1) is 25.4 Å². The second-order valence-electron chi connectivity index (χ2n) is 20.3. The number of allylic oxidation sites excluding steroid dienone is 6. The van der Waals surface area contributed by atoms with E-state index in [0.717, 1.165) is 70.6 Å². The van der Waals surface area contributed by atoms with Crippen molar-refractivity contribution in [3.05, 3.63) is 36.5 Å². The summed E-state index contributed by atoms with van der Waals surface area (Å²) in [6.07, 6.45) is 69.9. The van der Waals surface area contributed by atoms with Crippen LogP contribution in [0.4, 0.5) is 0 Å². The standard InChI is InChI=1S/C61H115NO5/c1-3-5-7-9-11-13-15-17-19-20-21-22-26-29-33-37-41-45-49-53-59(64)58(57-63)62-60(65)54-50-46-42-38-34-30-27-23-24-28-32-36-40-44-48-52-56-67-61(66)55-51-47-43-39-35-31-25-18-16-14-12-10-8-6-4-2/h12,14,18,23,25,27,58-59,63-64H,3-11,13,15-17,19-22,24,26,28-57H2,1-2H3,(H,62,65)/b14-12-,25-18-,27-23-. The zero-order valence-electron chi connectivity index (χ0n) is 44.9. The number of aliphatic hydroxyl groups excluding tert-OH is 2. The first-order chi connectivity index (χ1) is 33.0. The Bertz CT molecular complexity index is 1090. The first-order valence-electron chi connectivity index (χ1n) is 29.7. The second kappa shape index (κ2) is 56.7. The first-order valence-corrected chi connectivity index (χ1v) is 29.7. The number of aliphatic hydroxyl groups is 2. The molecule has 0 aliphatic rings. The number of carbonyl (C=O) groups excluding carboxylic acids is 2. The summed E-state index contributed by atoms with van der Waals surface area (Å²) in [5.41, 5.74) is 0. The highest BCUT2D eigenvalue weighted by atomic mass is 16.5. The number of hydrogen-bond donors (Lipinski definition) is 3. The molecule has 0 bridgehead atoms. The van der Waals surface area contributed by atoms with Crippen LogP contribution >= 0.6 is 0 Å². The van der Waals surface area contributed by atoms with Gasteiger partial charge in [0, 0.05) is 12.8 Å². The van der Waals surface area contributed by atoms with Crippen molar-refractivity contribution in [3.8, 4) is 0 Å². The molecule has 0 aliphatic heterocycles. The number of unbranched alkanes of at least 4 members (excludes halogenated alkanes) is 38. The highest BCUT2D eigenvalue weighted by Crippen LogP contribution is 2.17. The van der Waals surface area contributed by atoms with Crippen molar-refractivity contribution in [1.82, 2.24) is 5.32 Å². The molecule has 0 rings (SSSR count). The van der Waals surface area contributed by atoms with Crippen LogP contribution in [0.1, 0.15) is 316 Å². The summed E-state index contributed by atoms with van der Waals surface area (Å²) in [4.78, 5) is 24.5. The van der Waals surface area contributed by atoms with Gasteiger partial charge in [-0.3, -0.25) is 9.59 Å². The maximum atomic E-state index is 12.5.